The molecule has 4 heteroatoms. The van der Waals surface area contributed by atoms with Crippen LogP contribution in [0.2, 0.25) is 5.02 Å². The predicted octanol–water partition coefficient (Wildman–Crippen LogP) is 4.23. The largest absolute Gasteiger partial charge is 0.365 e. The van der Waals surface area contributed by atoms with Gasteiger partial charge >= 0.3 is 0 Å². The second-order valence-electron chi connectivity index (χ2n) is 5.66. The average Bonchev–Trinajstić information content (AvgIpc) is 2.49. The van der Waals surface area contributed by atoms with Crippen LogP contribution >= 0.6 is 11.6 Å². The van der Waals surface area contributed by atoms with E-state index in [9.17, 15) is 4.39 Å². The van der Waals surface area contributed by atoms with Crippen LogP contribution in [0.15, 0.2) is 18.2 Å². The number of anilines is 1. The lowest BCUT2D eigenvalue weighted by molar-refractivity contribution is 0.246. The van der Waals surface area contributed by atoms with Crippen molar-refractivity contribution in [1.82, 2.24) is 5.32 Å². The lowest BCUT2D eigenvalue weighted by Crippen LogP contribution is -2.64. The Balaban J connectivity index is 2.31. The van der Waals surface area contributed by atoms with Crippen LogP contribution in [0.5, 0.6) is 0 Å². The molecule has 1 unspecified atom stereocenters. The molecule has 1 N–H and O–H groups in total. The number of hydrogen-bond donors (Lipinski definition) is 1. The topological polar surface area (TPSA) is 15.3 Å². The molecule has 1 aliphatic heterocycles. The molecule has 2 rings (SSSR count). The van der Waals surface area contributed by atoms with Crippen LogP contribution in [0, 0.1) is 5.82 Å². The van der Waals surface area contributed by atoms with Crippen LogP contribution in [-0.4, -0.2) is 24.7 Å². The number of nitrogens with one attached hydrogen (secondary N) is 1. The lowest BCUT2D eigenvalue weighted by Gasteiger charge is -2.48. The molecule has 0 saturated carbocycles. The quantitative estimate of drug-likeness (QED) is 0.895. The van der Waals surface area contributed by atoms with Crippen molar-refractivity contribution in [3.63, 3.8) is 0 Å². The minimum atomic E-state index is -0.337. The first-order valence-electron chi connectivity index (χ1n) is 7.52. The number of hydrogen-bond acceptors (Lipinski definition) is 2. The highest BCUT2D eigenvalue weighted by atomic mass is 35.5. The zero-order chi connectivity index (χ0) is 14.8. The van der Waals surface area contributed by atoms with Gasteiger partial charge in [-0.25, -0.2) is 4.39 Å². The van der Waals surface area contributed by atoms with Crippen LogP contribution < -0.4 is 10.2 Å². The van der Waals surface area contributed by atoms with E-state index in [4.69, 9.17) is 11.6 Å². The molecule has 1 aromatic rings. The van der Waals surface area contributed by atoms with Crippen LogP contribution in [0.1, 0.15) is 40.0 Å². The Bertz CT molecular complexity index is 460. The summed E-state index contributed by atoms with van der Waals surface area (Å²) in [5, 5.41) is 3.89. The van der Waals surface area contributed by atoms with E-state index in [1.165, 1.54) is 0 Å². The van der Waals surface area contributed by atoms with Gasteiger partial charge in [0.15, 0.2) is 0 Å². The fourth-order valence-corrected chi connectivity index (χ4v) is 3.13. The second-order valence-corrected chi connectivity index (χ2v) is 6.06. The van der Waals surface area contributed by atoms with Crippen molar-refractivity contribution in [2.45, 2.75) is 51.6 Å². The monoisotopic (exact) mass is 298 g/mol. The maximum absolute atomic E-state index is 13.7. The molecule has 0 aliphatic carbocycles. The van der Waals surface area contributed by atoms with Gasteiger partial charge in [0, 0.05) is 30.4 Å². The van der Waals surface area contributed by atoms with Gasteiger partial charge in [0.1, 0.15) is 5.82 Å². The molecule has 1 fully saturated rings. The van der Waals surface area contributed by atoms with Gasteiger partial charge in [-0.3, -0.25) is 0 Å². The molecule has 0 aromatic heterocycles. The van der Waals surface area contributed by atoms with Crippen LogP contribution in [0.4, 0.5) is 10.1 Å². The van der Waals surface area contributed by atoms with Crippen molar-refractivity contribution in [3.05, 3.63) is 29.0 Å². The zero-order valence-electron chi connectivity index (χ0n) is 12.5. The summed E-state index contributed by atoms with van der Waals surface area (Å²) in [6.07, 6.45) is 3.19. The Morgan fingerprint density at radius 3 is 2.60 bits per heavy atom. The fraction of sp³-hybridized carbons (Fsp3) is 0.625. The molecule has 1 aromatic carbocycles. The van der Waals surface area contributed by atoms with E-state index in [1.54, 1.807) is 12.1 Å². The maximum Gasteiger partial charge on any atom is 0.143 e. The summed E-state index contributed by atoms with van der Waals surface area (Å²) in [6.45, 7) is 8.46. The maximum atomic E-state index is 13.7. The number of halogens is 2. The first-order valence-corrected chi connectivity index (χ1v) is 7.89. The van der Waals surface area contributed by atoms with Crippen molar-refractivity contribution in [2.24, 2.45) is 0 Å². The van der Waals surface area contributed by atoms with Gasteiger partial charge in [0.05, 0.1) is 5.02 Å². The van der Waals surface area contributed by atoms with E-state index in [0.717, 1.165) is 38.0 Å². The van der Waals surface area contributed by atoms with Crippen molar-refractivity contribution >= 4 is 17.3 Å². The summed E-state index contributed by atoms with van der Waals surface area (Å²) in [6, 6.07) is 5.55. The minimum Gasteiger partial charge on any atom is -0.365 e. The third kappa shape index (κ3) is 2.94. The molecule has 0 bridgehead atoms. The number of benzene rings is 1. The molecule has 0 amide bonds. The minimum absolute atomic E-state index is 0.127. The molecular weight excluding hydrogens is 275 g/mol. The molecule has 2 nitrogen and oxygen atoms in total. The Morgan fingerprint density at radius 2 is 2.05 bits per heavy atom. The Hall–Kier alpha value is -0.800. The van der Waals surface area contributed by atoms with Crippen LogP contribution in [0.25, 0.3) is 0 Å². The van der Waals surface area contributed by atoms with E-state index in [1.807, 2.05) is 6.07 Å². The Labute approximate surface area is 126 Å². The standard InChI is InChI=1S/C16H24ClFN2/c1-4-12-10-19-16(5-2,6-3)11-20(12)13-7-8-14(17)15(18)9-13/h7-9,12,19H,4-6,10-11H2,1-3H3. The van der Waals surface area contributed by atoms with Gasteiger partial charge in [-0.15, -0.1) is 0 Å². The predicted molar refractivity (Wildman–Crippen MR) is 84.2 cm³/mol. The first-order chi connectivity index (χ1) is 9.55. The molecule has 1 saturated heterocycles. The molecule has 1 aliphatic rings. The molecule has 0 radical (unpaired) electrons. The summed E-state index contributed by atoms with van der Waals surface area (Å²) in [5.74, 6) is -0.337. The van der Waals surface area contributed by atoms with E-state index in [0.29, 0.717) is 6.04 Å². The third-order valence-corrected chi connectivity index (χ3v) is 4.99. The van der Waals surface area contributed by atoms with Crippen molar-refractivity contribution in [3.8, 4) is 0 Å². The van der Waals surface area contributed by atoms with Gasteiger partial charge in [0.2, 0.25) is 0 Å². The highest BCUT2D eigenvalue weighted by Crippen LogP contribution is 2.30. The van der Waals surface area contributed by atoms with Crippen LogP contribution in [-0.2, 0) is 0 Å². The summed E-state index contributed by atoms with van der Waals surface area (Å²) < 4.78 is 13.7. The molecule has 112 valence electrons. The van der Waals surface area contributed by atoms with Gasteiger partial charge < -0.3 is 10.2 Å². The summed E-state index contributed by atoms with van der Waals surface area (Å²) in [4.78, 5) is 2.34. The number of nitrogens with zero attached hydrogens (tertiary/aromatic N) is 1. The van der Waals surface area contributed by atoms with Gasteiger partial charge in [0.25, 0.3) is 0 Å². The van der Waals surface area contributed by atoms with Crippen LogP contribution in [0.3, 0.4) is 0 Å². The third-order valence-electron chi connectivity index (χ3n) is 4.69. The molecule has 20 heavy (non-hydrogen) atoms. The van der Waals surface area contributed by atoms with Crippen molar-refractivity contribution in [1.29, 1.82) is 0 Å². The smallest absolute Gasteiger partial charge is 0.143 e. The van der Waals surface area contributed by atoms with Crippen molar-refractivity contribution in [2.75, 3.05) is 18.0 Å². The second kappa shape index (κ2) is 6.31. The summed E-state index contributed by atoms with van der Waals surface area (Å²) in [5.41, 5.74) is 1.06. The number of rotatable bonds is 4. The van der Waals surface area contributed by atoms with Gasteiger partial charge in [-0.1, -0.05) is 32.4 Å². The molecular formula is C16H24ClFN2. The first kappa shape index (κ1) is 15.6. The SMILES string of the molecule is CCC1CNC(CC)(CC)CN1c1ccc(Cl)c(F)c1. The Morgan fingerprint density at radius 1 is 1.35 bits per heavy atom. The lowest BCUT2D eigenvalue weighted by atomic mass is 9.87. The summed E-state index contributed by atoms with van der Waals surface area (Å²) in [7, 11) is 0. The highest BCUT2D eigenvalue weighted by molar-refractivity contribution is 6.30. The zero-order valence-corrected chi connectivity index (χ0v) is 13.3. The summed E-state index contributed by atoms with van der Waals surface area (Å²) >= 11 is 5.79. The van der Waals surface area contributed by atoms with Crippen molar-refractivity contribution < 1.29 is 4.39 Å². The fourth-order valence-electron chi connectivity index (χ4n) is 3.01. The van der Waals surface area contributed by atoms with Gasteiger partial charge in [-0.05, 0) is 37.5 Å². The van der Waals surface area contributed by atoms with E-state index < -0.39 is 0 Å². The van der Waals surface area contributed by atoms with Gasteiger partial charge in [-0.2, -0.15) is 0 Å². The molecule has 0 spiro atoms. The average molecular weight is 299 g/mol. The normalized spacial score (nSPS) is 22.1. The van der Waals surface area contributed by atoms with E-state index in [-0.39, 0.29) is 16.4 Å². The van der Waals surface area contributed by atoms with E-state index in [2.05, 4.69) is 31.0 Å². The Kier molecular flexibility index (Phi) is 4.92. The molecule has 1 heterocycles. The number of piperazine rings is 1. The van der Waals surface area contributed by atoms with E-state index >= 15 is 0 Å². The highest BCUT2D eigenvalue weighted by Gasteiger charge is 2.36. The molecule has 1 atom stereocenters.